The van der Waals surface area contributed by atoms with Gasteiger partial charge in [-0.2, -0.15) is 0 Å². The van der Waals surface area contributed by atoms with Gasteiger partial charge in [-0.05, 0) is 77.6 Å². The molecule has 0 amide bonds. The minimum atomic E-state index is 0.326. The molecule has 3 rings (SSSR count). The highest BCUT2D eigenvalue weighted by Gasteiger charge is 2.24. The normalized spacial score (nSPS) is 15.4. The second-order valence-electron chi connectivity index (χ2n) is 9.25. The smallest absolute Gasteiger partial charge is 0.124 e. The number of hydrogen-bond acceptors (Lipinski definition) is 3. The van der Waals surface area contributed by atoms with Crippen LogP contribution in [-0.4, -0.2) is 43.7 Å². The van der Waals surface area contributed by atoms with Crippen LogP contribution in [0.1, 0.15) is 69.6 Å². The Bertz CT molecular complexity index is 786. The van der Waals surface area contributed by atoms with Gasteiger partial charge in [0, 0.05) is 48.4 Å². The van der Waals surface area contributed by atoms with Crippen molar-refractivity contribution in [3.05, 3.63) is 59.2 Å². The zero-order chi connectivity index (χ0) is 21.7. The second-order valence-corrected chi connectivity index (χ2v) is 9.25. The van der Waals surface area contributed by atoms with Gasteiger partial charge in [-0.1, -0.05) is 30.3 Å². The fraction of sp³-hybridized carbons (Fsp3) is 0.556. The van der Waals surface area contributed by atoms with Crippen molar-refractivity contribution in [3.63, 3.8) is 0 Å². The fourth-order valence-corrected chi connectivity index (χ4v) is 5.03. The van der Waals surface area contributed by atoms with E-state index in [4.69, 9.17) is 4.74 Å². The highest BCUT2D eigenvalue weighted by molar-refractivity contribution is 5.61. The van der Waals surface area contributed by atoms with Gasteiger partial charge in [-0.15, -0.1) is 0 Å². The molecule has 2 aromatic rings. The number of rotatable bonds is 9. The molecule has 0 aromatic heterocycles. The first-order valence-electron chi connectivity index (χ1n) is 11.7. The van der Waals surface area contributed by atoms with Crippen molar-refractivity contribution in [1.82, 2.24) is 4.90 Å². The molecule has 0 bridgehead atoms. The third-order valence-corrected chi connectivity index (χ3v) is 6.57. The minimum Gasteiger partial charge on any atom is -0.496 e. The molecule has 0 N–H and O–H groups in total. The SMILES string of the molecule is COc1cc(N2CCCC2)c(C)cc1[C@H](CCN(C(C)C)C(C)C)c1ccccc1. The Morgan fingerprint density at radius 3 is 2.17 bits per heavy atom. The molecular weight excluding hydrogens is 368 g/mol. The number of nitrogens with zero attached hydrogens (tertiary/aromatic N) is 2. The Hall–Kier alpha value is -2.00. The number of hydrogen-bond donors (Lipinski definition) is 0. The van der Waals surface area contributed by atoms with Crippen molar-refractivity contribution in [2.45, 2.75) is 71.9 Å². The summed E-state index contributed by atoms with van der Waals surface area (Å²) in [5.41, 5.74) is 5.39. The number of methoxy groups -OCH3 is 1. The summed E-state index contributed by atoms with van der Waals surface area (Å²) in [6, 6.07) is 16.7. The summed E-state index contributed by atoms with van der Waals surface area (Å²) in [5, 5.41) is 0. The van der Waals surface area contributed by atoms with Crippen LogP contribution in [0.2, 0.25) is 0 Å². The van der Waals surface area contributed by atoms with E-state index < -0.39 is 0 Å². The Morgan fingerprint density at radius 1 is 0.967 bits per heavy atom. The van der Waals surface area contributed by atoms with Crippen molar-refractivity contribution in [2.75, 3.05) is 31.6 Å². The zero-order valence-electron chi connectivity index (χ0n) is 19.8. The molecular formula is C27H40N2O. The molecule has 0 unspecified atom stereocenters. The van der Waals surface area contributed by atoms with Crippen LogP contribution in [0.25, 0.3) is 0 Å². The summed E-state index contributed by atoms with van der Waals surface area (Å²) in [6.45, 7) is 14.8. The molecule has 164 valence electrons. The monoisotopic (exact) mass is 408 g/mol. The predicted octanol–water partition coefficient (Wildman–Crippen LogP) is 6.24. The summed E-state index contributed by atoms with van der Waals surface area (Å²) in [4.78, 5) is 5.10. The lowest BCUT2D eigenvalue weighted by molar-refractivity contribution is 0.170. The quantitative estimate of drug-likeness (QED) is 0.488. The summed E-state index contributed by atoms with van der Waals surface area (Å²) in [6.07, 6.45) is 3.66. The maximum atomic E-state index is 5.96. The van der Waals surface area contributed by atoms with Gasteiger partial charge in [0.05, 0.1) is 7.11 Å². The van der Waals surface area contributed by atoms with E-state index in [1.165, 1.54) is 35.2 Å². The van der Waals surface area contributed by atoms with Gasteiger partial charge in [-0.25, -0.2) is 0 Å². The van der Waals surface area contributed by atoms with E-state index in [0.717, 1.165) is 31.8 Å². The van der Waals surface area contributed by atoms with E-state index in [9.17, 15) is 0 Å². The standard InChI is InChI=1S/C27H40N2O/c1-20(2)29(21(3)4)17-14-24(23-12-8-7-9-13-23)25-18-22(5)26(19-27(25)30-6)28-15-10-11-16-28/h7-9,12-13,18-21,24H,10-11,14-17H2,1-6H3/t24-/m1/s1. The first-order valence-corrected chi connectivity index (χ1v) is 11.7. The summed E-state index contributed by atoms with van der Waals surface area (Å²) in [5.74, 6) is 1.35. The molecule has 0 spiro atoms. The summed E-state index contributed by atoms with van der Waals surface area (Å²) < 4.78 is 5.96. The largest absolute Gasteiger partial charge is 0.496 e. The molecule has 1 aliphatic heterocycles. The van der Waals surface area contributed by atoms with Crippen LogP contribution in [0.5, 0.6) is 5.75 Å². The van der Waals surface area contributed by atoms with E-state index in [-0.39, 0.29) is 0 Å². The highest BCUT2D eigenvalue weighted by atomic mass is 16.5. The van der Waals surface area contributed by atoms with Gasteiger partial charge >= 0.3 is 0 Å². The number of ether oxygens (including phenoxy) is 1. The van der Waals surface area contributed by atoms with Crippen LogP contribution in [0.4, 0.5) is 5.69 Å². The highest BCUT2D eigenvalue weighted by Crippen LogP contribution is 2.39. The lowest BCUT2D eigenvalue weighted by Gasteiger charge is -2.33. The Labute approximate surface area is 184 Å². The van der Waals surface area contributed by atoms with Crippen molar-refractivity contribution in [3.8, 4) is 5.75 Å². The average molecular weight is 409 g/mol. The number of anilines is 1. The molecule has 1 atom stereocenters. The van der Waals surface area contributed by atoms with Crippen LogP contribution in [-0.2, 0) is 0 Å². The first kappa shape index (κ1) is 22.7. The van der Waals surface area contributed by atoms with Crippen LogP contribution in [0.3, 0.4) is 0 Å². The Morgan fingerprint density at radius 2 is 1.60 bits per heavy atom. The second kappa shape index (κ2) is 10.3. The Balaban J connectivity index is 1.97. The van der Waals surface area contributed by atoms with Crippen molar-refractivity contribution in [2.24, 2.45) is 0 Å². The molecule has 2 aromatic carbocycles. The summed E-state index contributed by atoms with van der Waals surface area (Å²) in [7, 11) is 1.82. The molecule has 1 aliphatic rings. The van der Waals surface area contributed by atoms with Crippen LogP contribution >= 0.6 is 0 Å². The van der Waals surface area contributed by atoms with Gasteiger partial charge in [0.2, 0.25) is 0 Å². The minimum absolute atomic E-state index is 0.326. The van der Waals surface area contributed by atoms with Gasteiger partial charge < -0.3 is 9.64 Å². The zero-order valence-corrected chi connectivity index (χ0v) is 19.8. The van der Waals surface area contributed by atoms with Crippen LogP contribution < -0.4 is 9.64 Å². The number of aryl methyl sites for hydroxylation is 1. The molecule has 1 heterocycles. The maximum Gasteiger partial charge on any atom is 0.124 e. The van der Waals surface area contributed by atoms with Crippen molar-refractivity contribution in [1.29, 1.82) is 0 Å². The van der Waals surface area contributed by atoms with Gasteiger partial charge in [0.1, 0.15) is 5.75 Å². The molecule has 0 saturated carbocycles. The molecule has 3 heteroatoms. The average Bonchev–Trinajstić information content (AvgIpc) is 3.25. The van der Waals surface area contributed by atoms with E-state index in [1.54, 1.807) is 0 Å². The molecule has 1 fully saturated rings. The molecule has 30 heavy (non-hydrogen) atoms. The van der Waals surface area contributed by atoms with E-state index in [2.05, 4.69) is 86.9 Å². The molecule has 0 aliphatic carbocycles. The van der Waals surface area contributed by atoms with E-state index >= 15 is 0 Å². The maximum absolute atomic E-state index is 5.96. The predicted molar refractivity (Wildman–Crippen MR) is 129 cm³/mol. The van der Waals surface area contributed by atoms with Gasteiger partial charge in [-0.3, -0.25) is 4.90 Å². The third-order valence-electron chi connectivity index (χ3n) is 6.57. The first-order chi connectivity index (χ1) is 14.4. The van der Waals surface area contributed by atoms with E-state index in [0.29, 0.717) is 18.0 Å². The van der Waals surface area contributed by atoms with E-state index in [1.807, 2.05) is 7.11 Å². The van der Waals surface area contributed by atoms with Crippen LogP contribution in [0.15, 0.2) is 42.5 Å². The lowest BCUT2D eigenvalue weighted by Crippen LogP contribution is -2.38. The van der Waals surface area contributed by atoms with Gasteiger partial charge in [0.25, 0.3) is 0 Å². The summed E-state index contributed by atoms with van der Waals surface area (Å²) >= 11 is 0. The molecule has 0 radical (unpaired) electrons. The number of benzene rings is 2. The van der Waals surface area contributed by atoms with Crippen molar-refractivity contribution < 1.29 is 4.74 Å². The lowest BCUT2D eigenvalue weighted by atomic mass is 9.86. The van der Waals surface area contributed by atoms with Crippen molar-refractivity contribution >= 4 is 5.69 Å². The fourth-order valence-electron chi connectivity index (χ4n) is 5.03. The van der Waals surface area contributed by atoms with Gasteiger partial charge in [0.15, 0.2) is 0 Å². The topological polar surface area (TPSA) is 15.7 Å². The Kier molecular flexibility index (Phi) is 7.82. The third kappa shape index (κ3) is 5.18. The van der Waals surface area contributed by atoms with Crippen LogP contribution in [0, 0.1) is 6.92 Å². The molecule has 3 nitrogen and oxygen atoms in total. The molecule has 1 saturated heterocycles.